The summed E-state index contributed by atoms with van der Waals surface area (Å²) >= 11 is 13.7. The Hall–Kier alpha value is -0.450. The van der Waals surface area contributed by atoms with E-state index in [9.17, 15) is 0 Å². The lowest BCUT2D eigenvalue weighted by Crippen LogP contribution is -2.54. The number of thiocarbonyl (C=S) groups is 1. The highest BCUT2D eigenvalue weighted by molar-refractivity contribution is 8.73. The summed E-state index contributed by atoms with van der Waals surface area (Å²) in [4.78, 5) is 2.36. The van der Waals surface area contributed by atoms with Crippen LogP contribution in [0.3, 0.4) is 0 Å². The molecule has 0 amide bonds. The van der Waals surface area contributed by atoms with Gasteiger partial charge in [0.1, 0.15) is 11.4 Å². The topological polar surface area (TPSA) is 18.5 Å². The average molecular weight is 531 g/mol. The molecule has 6 rings (SSSR count). The molecule has 5 aliphatic rings. The summed E-state index contributed by atoms with van der Waals surface area (Å²) < 4.78 is 12.6. The molecule has 4 fully saturated rings. The van der Waals surface area contributed by atoms with Crippen molar-refractivity contribution in [1.82, 2.24) is 0 Å². The minimum absolute atomic E-state index is 0.118. The van der Waals surface area contributed by atoms with Gasteiger partial charge in [-0.05, 0) is 105 Å². The summed E-state index contributed by atoms with van der Waals surface area (Å²) in [6, 6.07) is 8.23. The van der Waals surface area contributed by atoms with Gasteiger partial charge in [-0.3, -0.25) is 0 Å². The zero-order valence-corrected chi connectivity index (χ0v) is 23.8. The van der Waals surface area contributed by atoms with Crippen LogP contribution in [0.4, 0.5) is 0 Å². The molecule has 1 unspecified atom stereocenters. The number of rotatable bonds is 2. The Balaban J connectivity index is 1.32. The van der Waals surface area contributed by atoms with Crippen molar-refractivity contribution in [2.75, 3.05) is 7.11 Å². The van der Waals surface area contributed by atoms with Gasteiger partial charge in [0.05, 0.1) is 7.11 Å². The van der Waals surface area contributed by atoms with Gasteiger partial charge < -0.3 is 9.26 Å². The van der Waals surface area contributed by atoms with Crippen LogP contribution in [0.1, 0.15) is 65.2 Å². The Morgan fingerprint density at radius 1 is 1.06 bits per heavy atom. The van der Waals surface area contributed by atoms with Gasteiger partial charge in [0.15, 0.2) is 5.47 Å². The lowest BCUT2D eigenvalue weighted by Gasteiger charge is -2.59. The molecule has 0 N–H and O–H groups in total. The van der Waals surface area contributed by atoms with E-state index in [0.29, 0.717) is 11.3 Å². The van der Waals surface area contributed by atoms with Gasteiger partial charge in [0.25, 0.3) is 0 Å². The number of fused-ring (bicyclic) bond motifs is 6. The van der Waals surface area contributed by atoms with Gasteiger partial charge in [0.2, 0.25) is 0 Å². The summed E-state index contributed by atoms with van der Waals surface area (Å²) in [7, 11) is 1.70. The van der Waals surface area contributed by atoms with Gasteiger partial charge in [-0.1, -0.05) is 61.4 Å². The molecule has 0 bridgehead atoms. The fourth-order valence-corrected chi connectivity index (χ4v) is 15.3. The van der Waals surface area contributed by atoms with Crippen LogP contribution in [0.5, 0.6) is 5.75 Å². The Morgan fingerprint density at radius 2 is 1.79 bits per heavy atom. The lowest BCUT2D eigenvalue weighted by atomic mass is 9.46. The van der Waals surface area contributed by atoms with Crippen LogP contribution >= 0.6 is 29.1 Å². The lowest BCUT2D eigenvalue weighted by molar-refractivity contribution is -0.0885. The quantitative estimate of drug-likeness (QED) is 0.284. The van der Waals surface area contributed by atoms with Crippen molar-refractivity contribution in [2.45, 2.75) is 70.8 Å². The first-order chi connectivity index (χ1) is 16.2. The number of benzene rings is 1. The molecular weight excluding hydrogens is 495 g/mol. The standard InChI is InChI=1S/C28H35O2PS3/c1-18-28(30-31(33,34-18)21-8-6-20(29-4)7-9-21)16-13-25-23-10-5-19-17-22(32)11-14-26(19,2)24(23)12-15-27(25,28)3/h6-9,17,23-25H,1,5,10-16H2,2-4H3/t23-,24+,25+,26+,27+,28+,31?/m1/s1. The number of allylic oxidation sites excluding steroid dienone is 2. The summed E-state index contributed by atoms with van der Waals surface area (Å²) in [6.45, 7) is 9.70. The fraction of sp³-hybridized carbons (Fsp3) is 0.607. The molecule has 2 nitrogen and oxygen atoms in total. The zero-order chi connectivity index (χ0) is 23.9. The third kappa shape index (κ3) is 3.16. The molecule has 1 spiro atoms. The highest BCUT2D eigenvalue weighted by atomic mass is 32.9. The molecule has 4 aliphatic carbocycles. The van der Waals surface area contributed by atoms with Crippen molar-refractivity contribution < 1.29 is 9.26 Å². The van der Waals surface area contributed by atoms with Gasteiger partial charge in [-0.15, -0.1) is 0 Å². The van der Waals surface area contributed by atoms with Crippen LogP contribution in [0.2, 0.25) is 0 Å². The molecule has 1 heterocycles. The number of hydrogen-bond acceptors (Lipinski definition) is 5. The minimum Gasteiger partial charge on any atom is -0.497 e. The Kier molecular flexibility index (Phi) is 5.64. The van der Waals surface area contributed by atoms with Crippen molar-refractivity contribution in [1.29, 1.82) is 0 Å². The molecule has 3 saturated carbocycles. The molecule has 6 heteroatoms. The molecule has 1 aliphatic heterocycles. The molecule has 0 aromatic heterocycles. The SMILES string of the molecule is C=C1SP(=S)(c2ccc(OC)cc2)O[C@@]12CC[C@H]1[C@@H]3CCC4=CC(=S)CC[C@]4(C)[C@H]3CC[C@@]12C. The Labute approximate surface area is 219 Å². The number of ether oxygens (including phenoxy) is 1. The van der Waals surface area contributed by atoms with Crippen molar-refractivity contribution in [3.05, 3.63) is 47.4 Å². The number of methoxy groups -OCH3 is 1. The van der Waals surface area contributed by atoms with Crippen LogP contribution in [-0.4, -0.2) is 17.6 Å². The third-order valence-electron chi connectivity index (χ3n) is 10.4. The zero-order valence-electron chi connectivity index (χ0n) is 20.5. The minimum atomic E-state index is -2.24. The van der Waals surface area contributed by atoms with E-state index >= 15 is 0 Å². The first-order valence-corrected chi connectivity index (χ1v) is 17.3. The fourth-order valence-electron chi connectivity index (χ4n) is 8.53. The van der Waals surface area contributed by atoms with Gasteiger partial charge in [0, 0.05) is 20.5 Å². The summed E-state index contributed by atoms with van der Waals surface area (Å²) in [5.74, 6) is 3.09. The van der Waals surface area contributed by atoms with E-state index in [1.165, 1.54) is 48.3 Å². The predicted molar refractivity (Wildman–Crippen MR) is 152 cm³/mol. The highest BCUT2D eigenvalue weighted by Gasteiger charge is 2.69. The van der Waals surface area contributed by atoms with Gasteiger partial charge in [-0.25, -0.2) is 0 Å². The molecule has 182 valence electrons. The average Bonchev–Trinajstić information content (AvgIpc) is 3.27. The maximum atomic E-state index is 7.19. The van der Waals surface area contributed by atoms with E-state index in [0.717, 1.165) is 35.7 Å². The second-order valence-corrected chi connectivity index (χ2v) is 18.8. The van der Waals surface area contributed by atoms with E-state index in [2.05, 4.69) is 38.6 Å². The summed E-state index contributed by atoms with van der Waals surface area (Å²) in [5, 5.41) is 1.13. The van der Waals surface area contributed by atoms with Crippen molar-refractivity contribution in [3.8, 4) is 5.75 Å². The van der Waals surface area contributed by atoms with E-state index in [1.54, 1.807) is 24.1 Å². The largest absolute Gasteiger partial charge is 0.497 e. The van der Waals surface area contributed by atoms with Crippen LogP contribution in [0, 0.1) is 28.6 Å². The predicted octanol–water partition coefficient (Wildman–Crippen LogP) is 7.98. The first-order valence-electron chi connectivity index (χ1n) is 12.7. The molecule has 1 aromatic carbocycles. The van der Waals surface area contributed by atoms with Crippen molar-refractivity contribution in [3.63, 3.8) is 0 Å². The first kappa shape index (κ1) is 23.9. The Bertz CT molecular complexity index is 1140. The summed E-state index contributed by atoms with van der Waals surface area (Å²) in [6.07, 6.45) is 12.0. The van der Waals surface area contributed by atoms with Gasteiger partial charge >= 0.3 is 0 Å². The molecule has 1 aromatic rings. The third-order valence-corrected chi connectivity index (χ3v) is 16.8. The van der Waals surface area contributed by atoms with Gasteiger partial charge in [-0.2, -0.15) is 0 Å². The van der Waals surface area contributed by atoms with Crippen LogP contribution in [-0.2, 0) is 16.3 Å². The maximum Gasteiger partial charge on any atom is 0.153 e. The van der Waals surface area contributed by atoms with E-state index in [-0.39, 0.29) is 11.0 Å². The maximum absolute atomic E-state index is 7.19. The molecule has 34 heavy (non-hydrogen) atoms. The van der Waals surface area contributed by atoms with Crippen molar-refractivity contribution in [2.24, 2.45) is 28.6 Å². The second-order valence-electron chi connectivity index (χ2n) is 11.6. The number of hydrogen-bond donors (Lipinski definition) is 0. The van der Waals surface area contributed by atoms with E-state index in [1.807, 2.05) is 12.1 Å². The summed E-state index contributed by atoms with van der Waals surface area (Å²) in [5.41, 5.74) is -0.422. The molecule has 7 atom stereocenters. The molecule has 0 radical (unpaired) electrons. The monoisotopic (exact) mass is 530 g/mol. The van der Waals surface area contributed by atoms with Crippen LogP contribution in [0.15, 0.2) is 47.4 Å². The molecular formula is C28H35O2PS3. The molecule has 1 saturated heterocycles. The van der Waals surface area contributed by atoms with E-state index < -0.39 is 5.47 Å². The second kappa shape index (κ2) is 8.02. The smallest absolute Gasteiger partial charge is 0.153 e. The highest BCUT2D eigenvalue weighted by Crippen LogP contribution is 2.81. The van der Waals surface area contributed by atoms with Crippen LogP contribution in [0.25, 0.3) is 0 Å². The van der Waals surface area contributed by atoms with Crippen LogP contribution < -0.4 is 10.0 Å². The van der Waals surface area contributed by atoms with Crippen molar-refractivity contribution >= 4 is 51.0 Å². The van der Waals surface area contributed by atoms with E-state index in [4.69, 9.17) is 33.3 Å². The normalized spacial score (nSPS) is 45.5. The Morgan fingerprint density at radius 3 is 2.53 bits per heavy atom.